The second-order valence-corrected chi connectivity index (χ2v) is 3.68. The summed E-state index contributed by atoms with van der Waals surface area (Å²) in [5.74, 6) is -0.0453. The van der Waals surface area contributed by atoms with Crippen molar-refractivity contribution in [2.24, 2.45) is 0 Å². The summed E-state index contributed by atoms with van der Waals surface area (Å²) in [6.07, 6.45) is 1.86. The summed E-state index contributed by atoms with van der Waals surface area (Å²) in [6.45, 7) is 2.72. The van der Waals surface area contributed by atoms with Crippen molar-refractivity contribution in [1.29, 1.82) is 0 Å². The third-order valence-electron chi connectivity index (χ3n) is 2.51. The van der Waals surface area contributed by atoms with Crippen molar-refractivity contribution >= 4 is 11.6 Å². The predicted molar refractivity (Wildman–Crippen MR) is 66.2 cm³/mol. The van der Waals surface area contributed by atoms with Crippen LogP contribution in [0.5, 0.6) is 5.75 Å². The normalized spacial score (nSPS) is 10.2. The standard InChI is InChI=1S/C13H14N2O2/c1-2-15-8-4-7-12(15)13(17)14-10-5-3-6-11(16)9-10/h3-9,16H,2H2,1H3,(H,14,17). The highest BCUT2D eigenvalue weighted by atomic mass is 16.3. The summed E-state index contributed by atoms with van der Waals surface area (Å²) in [5, 5.41) is 12.0. The van der Waals surface area contributed by atoms with Gasteiger partial charge in [-0.2, -0.15) is 0 Å². The minimum absolute atomic E-state index is 0.133. The molecular formula is C13H14N2O2. The highest BCUT2D eigenvalue weighted by Gasteiger charge is 2.09. The highest BCUT2D eigenvalue weighted by molar-refractivity contribution is 6.03. The second-order valence-electron chi connectivity index (χ2n) is 3.68. The van der Waals surface area contributed by atoms with Crippen molar-refractivity contribution in [3.05, 3.63) is 48.3 Å². The fraction of sp³-hybridized carbons (Fsp3) is 0.154. The number of phenolic OH excluding ortho intramolecular Hbond substituents is 1. The van der Waals surface area contributed by atoms with Gasteiger partial charge in [0, 0.05) is 24.5 Å². The number of amides is 1. The molecule has 0 radical (unpaired) electrons. The Morgan fingerprint density at radius 3 is 2.88 bits per heavy atom. The minimum atomic E-state index is -0.178. The molecule has 0 unspecified atom stereocenters. The van der Waals surface area contributed by atoms with E-state index in [0.717, 1.165) is 6.54 Å². The molecule has 1 amide bonds. The van der Waals surface area contributed by atoms with Crippen molar-refractivity contribution in [2.75, 3.05) is 5.32 Å². The van der Waals surface area contributed by atoms with Gasteiger partial charge in [-0.15, -0.1) is 0 Å². The third kappa shape index (κ3) is 2.47. The number of hydrogen-bond donors (Lipinski definition) is 2. The van der Waals surface area contributed by atoms with Gasteiger partial charge in [-0.1, -0.05) is 6.07 Å². The zero-order valence-electron chi connectivity index (χ0n) is 9.55. The molecule has 1 aromatic carbocycles. The van der Waals surface area contributed by atoms with Crippen LogP contribution in [0.15, 0.2) is 42.6 Å². The van der Waals surface area contributed by atoms with Gasteiger partial charge in [0.2, 0.25) is 0 Å². The molecule has 0 saturated heterocycles. The van der Waals surface area contributed by atoms with E-state index >= 15 is 0 Å². The van der Waals surface area contributed by atoms with Crippen LogP contribution in [0.3, 0.4) is 0 Å². The minimum Gasteiger partial charge on any atom is -0.508 e. The molecule has 17 heavy (non-hydrogen) atoms. The molecule has 2 N–H and O–H groups in total. The smallest absolute Gasteiger partial charge is 0.272 e. The average molecular weight is 230 g/mol. The van der Waals surface area contributed by atoms with Crippen LogP contribution in [0.2, 0.25) is 0 Å². The summed E-state index contributed by atoms with van der Waals surface area (Å²) >= 11 is 0. The Kier molecular flexibility index (Phi) is 3.14. The van der Waals surface area contributed by atoms with Gasteiger partial charge in [0.05, 0.1) is 0 Å². The van der Waals surface area contributed by atoms with Gasteiger partial charge in [-0.25, -0.2) is 0 Å². The number of hydrogen-bond acceptors (Lipinski definition) is 2. The lowest BCUT2D eigenvalue weighted by Crippen LogP contribution is -2.16. The summed E-state index contributed by atoms with van der Waals surface area (Å²) in [7, 11) is 0. The first-order valence-corrected chi connectivity index (χ1v) is 5.46. The quantitative estimate of drug-likeness (QED) is 0.851. The van der Waals surface area contributed by atoms with Crippen LogP contribution < -0.4 is 5.32 Å². The van der Waals surface area contributed by atoms with Gasteiger partial charge in [0.25, 0.3) is 5.91 Å². The number of aromatic nitrogens is 1. The third-order valence-corrected chi connectivity index (χ3v) is 2.51. The number of carbonyl (C=O) groups is 1. The Labute approximate surface area is 99.5 Å². The Bertz CT molecular complexity index is 532. The van der Waals surface area contributed by atoms with Crippen molar-refractivity contribution in [3.8, 4) is 5.75 Å². The van der Waals surface area contributed by atoms with E-state index in [1.807, 2.05) is 23.8 Å². The molecule has 88 valence electrons. The molecular weight excluding hydrogens is 216 g/mol. The highest BCUT2D eigenvalue weighted by Crippen LogP contribution is 2.16. The Morgan fingerprint density at radius 1 is 1.35 bits per heavy atom. The molecule has 0 spiro atoms. The summed E-state index contributed by atoms with van der Waals surface area (Å²) in [6, 6.07) is 10.1. The lowest BCUT2D eigenvalue weighted by molar-refractivity contribution is 0.101. The molecule has 0 aliphatic carbocycles. The van der Waals surface area contributed by atoms with Gasteiger partial charge in [0.1, 0.15) is 11.4 Å². The maximum Gasteiger partial charge on any atom is 0.272 e. The predicted octanol–water partition coefficient (Wildman–Crippen LogP) is 2.47. The monoisotopic (exact) mass is 230 g/mol. The first kappa shape index (κ1) is 11.3. The fourth-order valence-electron chi connectivity index (χ4n) is 1.67. The van der Waals surface area contributed by atoms with Crippen LogP contribution >= 0.6 is 0 Å². The van der Waals surface area contributed by atoms with Crippen LogP contribution in [0, 0.1) is 0 Å². The number of nitrogens with one attached hydrogen (secondary N) is 1. The topological polar surface area (TPSA) is 54.3 Å². The molecule has 0 atom stereocenters. The van der Waals surface area contributed by atoms with Crippen molar-refractivity contribution in [3.63, 3.8) is 0 Å². The number of rotatable bonds is 3. The largest absolute Gasteiger partial charge is 0.508 e. The van der Waals surface area contributed by atoms with E-state index in [4.69, 9.17) is 0 Å². The van der Waals surface area contributed by atoms with E-state index < -0.39 is 0 Å². The van der Waals surface area contributed by atoms with Crippen LogP contribution in [-0.4, -0.2) is 15.6 Å². The number of aryl methyl sites for hydroxylation is 1. The maximum absolute atomic E-state index is 12.0. The van der Waals surface area contributed by atoms with Crippen molar-refractivity contribution in [1.82, 2.24) is 4.57 Å². The van der Waals surface area contributed by atoms with Crippen LogP contribution in [0.1, 0.15) is 17.4 Å². The number of nitrogens with zero attached hydrogens (tertiary/aromatic N) is 1. The number of carbonyl (C=O) groups excluding carboxylic acids is 1. The summed E-state index contributed by atoms with van der Waals surface area (Å²) in [4.78, 5) is 12.0. The molecule has 0 saturated carbocycles. The molecule has 0 aliphatic heterocycles. The molecule has 1 heterocycles. The van der Waals surface area contributed by atoms with Crippen LogP contribution in [0.4, 0.5) is 5.69 Å². The molecule has 2 aromatic rings. The molecule has 4 nitrogen and oxygen atoms in total. The Balaban J connectivity index is 2.17. The number of benzene rings is 1. The van der Waals surface area contributed by atoms with E-state index in [1.165, 1.54) is 6.07 Å². The summed E-state index contributed by atoms with van der Waals surface area (Å²) in [5.41, 5.74) is 1.19. The number of aromatic hydroxyl groups is 1. The lowest BCUT2D eigenvalue weighted by Gasteiger charge is -2.07. The van der Waals surface area contributed by atoms with Gasteiger partial charge in [0.15, 0.2) is 0 Å². The molecule has 0 bridgehead atoms. The van der Waals surface area contributed by atoms with Gasteiger partial charge < -0.3 is 15.0 Å². The number of phenols is 1. The van der Waals surface area contributed by atoms with Crippen molar-refractivity contribution < 1.29 is 9.90 Å². The molecule has 1 aromatic heterocycles. The van der Waals surface area contributed by atoms with E-state index in [9.17, 15) is 9.90 Å². The lowest BCUT2D eigenvalue weighted by atomic mass is 10.3. The van der Waals surface area contributed by atoms with Crippen molar-refractivity contribution in [2.45, 2.75) is 13.5 Å². The van der Waals surface area contributed by atoms with Crippen LogP contribution in [-0.2, 0) is 6.54 Å². The molecule has 4 heteroatoms. The zero-order valence-corrected chi connectivity index (χ0v) is 9.55. The Hall–Kier alpha value is -2.23. The van der Waals surface area contributed by atoms with Gasteiger partial charge >= 0.3 is 0 Å². The van der Waals surface area contributed by atoms with E-state index in [0.29, 0.717) is 11.4 Å². The van der Waals surface area contributed by atoms with Gasteiger partial charge in [-0.05, 0) is 31.2 Å². The Morgan fingerprint density at radius 2 is 2.18 bits per heavy atom. The average Bonchev–Trinajstić information content (AvgIpc) is 2.77. The van der Waals surface area contributed by atoms with E-state index in [1.54, 1.807) is 24.3 Å². The zero-order chi connectivity index (χ0) is 12.3. The van der Waals surface area contributed by atoms with E-state index in [2.05, 4.69) is 5.32 Å². The SMILES string of the molecule is CCn1cccc1C(=O)Nc1cccc(O)c1. The first-order valence-electron chi connectivity index (χ1n) is 5.46. The maximum atomic E-state index is 12.0. The number of anilines is 1. The van der Waals surface area contributed by atoms with Gasteiger partial charge in [-0.3, -0.25) is 4.79 Å². The molecule has 0 fully saturated rings. The molecule has 2 rings (SSSR count). The first-order chi connectivity index (χ1) is 8.20. The van der Waals surface area contributed by atoms with E-state index in [-0.39, 0.29) is 11.7 Å². The second kappa shape index (κ2) is 4.74. The molecule has 0 aliphatic rings. The summed E-state index contributed by atoms with van der Waals surface area (Å²) < 4.78 is 1.86. The van der Waals surface area contributed by atoms with Crippen LogP contribution in [0.25, 0.3) is 0 Å². The fourth-order valence-corrected chi connectivity index (χ4v) is 1.67.